The Balaban J connectivity index is 3.44. The first kappa shape index (κ1) is 69.1. The van der Waals surface area contributed by atoms with Gasteiger partial charge in [-0.05, 0) is 83.5 Å². The van der Waals surface area contributed by atoms with Gasteiger partial charge in [-0.15, -0.1) is 0 Å². The van der Waals surface area contributed by atoms with E-state index in [1.165, 1.54) is 263 Å². The van der Waals surface area contributed by atoms with Crippen molar-refractivity contribution >= 4 is 11.9 Å². The minimum Gasteiger partial charge on any atom is -0.466 e. The Morgan fingerprint density at radius 2 is 0.662 bits per heavy atom. The van der Waals surface area contributed by atoms with Gasteiger partial charge in [0.2, 0.25) is 5.91 Å². The van der Waals surface area contributed by atoms with Crippen molar-refractivity contribution in [3.8, 4) is 0 Å². The first-order valence-corrected chi connectivity index (χ1v) is 31.8. The number of aliphatic hydroxyl groups is 2. The topological polar surface area (TPSA) is 95.9 Å². The molecule has 0 aliphatic rings. The van der Waals surface area contributed by atoms with Gasteiger partial charge in [0.05, 0.1) is 25.4 Å². The highest BCUT2D eigenvalue weighted by molar-refractivity contribution is 5.76. The van der Waals surface area contributed by atoms with Crippen molar-refractivity contribution in [2.45, 2.75) is 353 Å². The number of hydrogen-bond donors (Lipinski definition) is 3. The predicted molar refractivity (Wildman–Crippen MR) is 310 cm³/mol. The molecule has 6 heteroatoms. The summed E-state index contributed by atoms with van der Waals surface area (Å²) in [4.78, 5) is 24.6. The fourth-order valence-electron chi connectivity index (χ4n) is 9.74. The molecule has 0 heterocycles. The van der Waals surface area contributed by atoms with E-state index >= 15 is 0 Å². The van der Waals surface area contributed by atoms with E-state index in [1.807, 2.05) is 6.08 Å². The Bertz CT molecular complexity index is 1150. The van der Waals surface area contributed by atoms with Crippen LogP contribution in [0.4, 0.5) is 0 Å². The second-order valence-electron chi connectivity index (χ2n) is 21.7. The summed E-state index contributed by atoms with van der Waals surface area (Å²) >= 11 is 0. The van der Waals surface area contributed by atoms with Crippen molar-refractivity contribution in [3.63, 3.8) is 0 Å². The maximum atomic E-state index is 12.5. The molecule has 0 rings (SSSR count). The summed E-state index contributed by atoms with van der Waals surface area (Å²) in [6, 6.07) is -0.635. The van der Waals surface area contributed by atoms with E-state index in [4.69, 9.17) is 4.74 Å². The largest absolute Gasteiger partial charge is 0.466 e. The minimum atomic E-state index is -0.850. The lowest BCUT2D eigenvalue weighted by Gasteiger charge is -2.20. The van der Waals surface area contributed by atoms with Crippen LogP contribution in [0, 0.1) is 0 Å². The third-order valence-electron chi connectivity index (χ3n) is 14.6. The molecule has 0 saturated carbocycles. The second-order valence-corrected chi connectivity index (χ2v) is 21.7. The van der Waals surface area contributed by atoms with Crippen LogP contribution in [0.15, 0.2) is 36.5 Å². The zero-order valence-corrected chi connectivity index (χ0v) is 47.7. The van der Waals surface area contributed by atoms with Gasteiger partial charge in [0, 0.05) is 12.8 Å². The summed E-state index contributed by atoms with van der Waals surface area (Å²) in [5.74, 6) is -0.0725. The number of hydrogen-bond acceptors (Lipinski definition) is 5. The van der Waals surface area contributed by atoms with Crippen LogP contribution >= 0.6 is 0 Å². The molecule has 0 spiro atoms. The quantitative estimate of drug-likeness (QED) is 0.0321. The molecule has 0 aromatic rings. The highest BCUT2D eigenvalue weighted by Crippen LogP contribution is 2.17. The van der Waals surface area contributed by atoms with Crippen molar-refractivity contribution in [1.29, 1.82) is 0 Å². The fourth-order valence-corrected chi connectivity index (χ4v) is 9.74. The third kappa shape index (κ3) is 57.2. The zero-order valence-electron chi connectivity index (χ0n) is 47.7. The van der Waals surface area contributed by atoms with Crippen LogP contribution in [-0.4, -0.2) is 47.4 Å². The standard InChI is InChI=1S/C65H123NO5/c1-3-5-7-9-11-13-15-17-19-21-27-31-35-39-43-47-51-55-59-65(70)71-60-56-52-48-44-40-36-32-28-25-23-22-24-26-30-34-38-42-46-50-54-58-64(69)66-62(61-67)63(68)57-53-49-45-41-37-33-29-20-18-16-14-12-10-8-6-4-2/h19,21-22,24,53,57,62-63,67-68H,3-18,20,23,25-52,54-56,58-61H2,1-2H3,(H,66,69)/b21-19-,24-22-,57-53+. The SMILES string of the molecule is CCCCCCCCC/C=C\CCCCCCCCCC(=O)OCCCCCCCCCCC/C=C\CCCCCCCCCC(=O)NC(CO)C(O)/C=C/CCCCCCCCCCCCCCCC. The average Bonchev–Trinajstić information content (AvgIpc) is 3.37. The molecule has 3 N–H and O–H groups in total. The van der Waals surface area contributed by atoms with Crippen LogP contribution in [0.25, 0.3) is 0 Å². The zero-order chi connectivity index (χ0) is 51.4. The molecule has 71 heavy (non-hydrogen) atoms. The maximum absolute atomic E-state index is 12.5. The van der Waals surface area contributed by atoms with Crippen LogP contribution in [0.2, 0.25) is 0 Å². The van der Waals surface area contributed by atoms with Gasteiger partial charge in [0.15, 0.2) is 0 Å². The van der Waals surface area contributed by atoms with Crippen molar-refractivity contribution < 1.29 is 24.5 Å². The summed E-state index contributed by atoms with van der Waals surface area (Å²) in [5.41, 5.74) is 0. The Morgan fingerprint density at radius 3 is 1.00 bits per heavy atom. The molecule has 0 radical (unpaired) electrons. The smallest absolute Gasteiger partial charge is 0.305 e. The van der Waals surface area contributed by atoms with Gasteiger partial charge in [-0.3, -0.25) is 9.59 Å². The van der Waals surface area contributed by atoms with E-state index in [1.54, 1.807) is 6.08 Å². The Morgan fingerprint density at radius 1 is 0.380 bits per heavy atom. The molecule has 0 aliphatic heterocycles. The van der Waals surface area contributed by atoms with E-state index in [0.717, 1.165) is 51.4 Å². The lowest BCUT2D eigenvalue weighted by Crippen LogP contribution is -2.45. The Hall–Kier alpha value is -1.92. The summed E-state index contributed by atoms with van der Waals surface area (Å²) < 4.78 is 5.49. The van der Waals surface area contributed by atoms with Crippen LogP contribution in [0.3, 0.4) is 0 Å². The molecule has 0 aromatic carbocycles. The molecule has 0 aromatic heterocycles. The van der Waals surface area contributed by atoms with E-state index < -0.39 is 12.1 Å². The van der Waals surface area contributed by atoms with Crippen molar-refractivity contribution in [1.82, 2.24) is 5.32 Å². The van der Waals surface area contributed by atoms with Crippen molar-refractivity contribution in [2.24, 2.45) is 0 Å². The lowest BCUT2D eigenvalue weighted by atomic mass is 10.0. The summed E-state index contributed by atoms with van der Waals surface area (Å²) in [6.45, 7) is 4.91. The van der Waals surface area contributed by atoms with Crippen LogP contribution in [-0.2, 0) is 14.3 Å². The number of unbranched alkanes of at least 4 members (excludes halogenated alkanes) is 44. The number of aliphatic hydroxyl groups excluding tert-OH is 2. The van der Waals surface area contributed by atoms with Crippen LogP contribution < -0.4 is 5.32 Å². The number of carbonyl (C=O) groups excluding carboxylic acids is 2. The summed E-state index contributed by atoms with van der Waals surface area (Å²) in [5, 5.41) is 23.1. The predicted octanol–water partition coefficient (Wildman–Crippen LogP) is 20.0. The molecule has 0 bridgehead atoms. The maximum Gasteiger partial charge on any atom is 0.305 e. The molecule has 0 saturated heterocycles. The fraction of sp³-hybridized carbons (Fsp3) is 0.877. The minimum absolute atomic E-state index is 0.00279. The number of rotatable bonds is 59. The molecular formula is C65H123NO5. The molecule has 418 valence electrons. The second kappa shape index (κ2) is 60.6. The van der Waals surface area contributed by atoms with Crippen LogP contribution in [0.1, 0.15) is 341 Å². The van der Waals surface area contributed by atoms with Gasteiger partial charge in [0.1, 0.15) is 0 Å². The van der Waals surface area contributed by atoms with Gasteiger partial charge < -0.3 is 20.3 Å². The van der Waals surface area contributed by atoms with E-state index in [-0.39, 0.29) is 18.5 Å². The molecule has 2 atom stereocenters. The third-order valence-corrected chi connectivity index (χ3v) is 14.6. The Labute approximate surface area is 443 Å². The normalized spacial score (nSPS) is 12.8. The van der Waals surface area contributed by atoms with E-state index in [9.17, 15) is 19.8 Å². The van der Waals surface area contributed by atoms with E-state index in [0.29, 0.717) is 19.4 Å². The van der Waals surface area contributed by atoms with Gasteiger partial charge >= 0.3 is 5.97 Å². The molecule has 0 aliphatic carbocycles. The molecule has 1 amide bonds. The first-order chi connectivity index (χ1) is 35.0. The van der Waals surface area contributed by atoms with Gasteiger partial charge in [0.25, 0.3) is 0 Å². The first-order valence-electron chi connectivity index (χ1n) is 31.8. The molecule has 0 fully saturated rings. The number of nitrogens with one attached hydrogen (secondary N) is 1. The van der Waals surface area contributed by atoms with Crippen LogP contribution in [0.5, 0.6) is 0 Å². The molecular weight excluding hydrogens is 875 g/mol. The monoisotopic (exact) mass is 998 g/mol. The van der Waals surface area contributed by atoms with Gasteiger partial charge in [-0.1, -0.05) is 281 Å². The molecule has 6 nitrogen and oxygen atoms in total. The number of carbonyl (C=O) groups is 2. The van der Waals surface area contributed by atoms with Crippen molar-refractivity contribution in [3.05, 3.63) is 36.5 Å². The van der Waals surface area contributed by atoms with Gasteiger partial charge in [-0.2, -0.15) is 0 Å². The van der Waals surface area contributed by atoms with E-state index in [2.05, 4.69) is 43.5 Å². The number of ether oxygens (including phenoxy) is 1. The highest BCUT2D eigenvalue weighted by Gasteiger charge is 2.18. The lowest BCUT2D eigenvalue weighted by molar-refractivity contribution is -0.143. The molecule has 2 unspecified atom stereocenters. The highest BCUT2D eigenvalue weighted by atomic mass is 16.5. The Kier molecular flexibility index (Phi) is 59.0. The number of esters is 1. The summed E-state index contributed by atoms with van der Waals surface area (Å²) in [6.07, 6.45) is 76.1. The summed E-state index contributed by atoms with van der Waals surface area (Å²) in [7, 11) is 0. The average molecular weight is 999 g/mol. The van der Waals surface area contributed by atoms with Gasteiger partial charge in [-0.25, -0.2) is 0 Å². The number of allylic oxidation sites excluding steroid dienone is 5. The van der Waals surface area contributed by atoms with Crippen molar-refractivity contribution in [2.75, 3.05) is 13.2 Å². The number of amides is 1.